The molecule has 0 heterocycles. The van der Waals surface area contributed by atoms with E-state index in [-0.39, 0.29) is 22.9 Å². The van der Waals surface area contributed by atoms with E-state index in [1.54, 1.807) is 24.0 Å². The monoisotopic (exact) mass is 342 g/mol. The van der Waals surface area contributed by atoms with Gasteiger partial charge in [-0.3, -0.25) is 4.79 Å². The zero-order chi connectivity index (χ0) is 17.8. The number of rotatable bonds is 6. The molecule has 130 valence electrons. The smallest absolute Gasteiger partial charge is 0.240 e. The van der Waals surface area contributed by atoms with Gasteiger partial charge >= 0.3 is 0 Å². The molecule has 7 heteroatoms. The van der Waals surface area contributed by atoms with Crippen LogP contribution >= 0.6 is 0 Å². The number of carbonyl (C=O) groups is 1. The highest BCUT2D eigenvalue weighted by atomic mass is 32.2. The Balaban J connectivity index is 2.80. The average Bonchev–Trinajstić information content (AvgIpc) is 2.41. The lowest BCUT2D eigenvalue weighted by Crippen LogP contribution is -2.48. The summed E-state index contributed by atoms with van der Waals surface area (Å²) in [7, 11) is -2.08. The van der Waals surface area contributed by atoms with Crippen LogP contribution in [-0.2, 0) is 14.8 Å². The summed E-state index contributed by atoms with van der Waals surface area (Å²) in [6, 6.07) is 4.69. The van der Waals surface area contributed by atoms with Crippen molar-refractivity contribution in [3.8, 4) is 5.75 Å². The van der Waals surface area contributed by atoms with Crippen molar-refractivity contribution in [3.63, 3.8) is 0 Å². The number of methoxy groups -OCH3 is 1. The Hall–Kier alpha value is -1.60. The lowest BCUT2D eigenvalue weighted by atomic mass is 10.1. The molecule has 0 unspecified atom stereocenters. The van der Waals surface area contributed by atoms with Gasteiger partial charge in [-0.15, -0.1) is 0 Å². The molecule has 0 aromatic heterocycles. The number of nitrogens with one attached hydrogen (secondary N) is 1. The third-order valence-corrected chi connectivity index (χ3v) is 4.95. The molecule has 0 fully saturated rings. The van der Waals surface area contributed by atoms with Gasteiger partial charge in [-0.05, 0) is 51.5 Å². The van der Waals surface area contributed by atoms with E-state index in [0.29, 0.717) is 12.3 Å². The van der Waals surface area contributed by atoms with Crippen LogP contribution in [0.5, 0.6) is 5.75 Å². The van der Waals surface area contributed by atoms with Crippen molar-refractivity contribution in [2.75, 3.05) is 20.2 Å². The Kier molecular flexibility index (Phi) is 6.18. The maximum Gasteiger partial charge on any atom is 0.240 e. The van der Waals surface area contributed by atoms with E-state index in [0.717, 1.165) is 5.56 Å². The van der Waals surface area contributed by atoms with Crippen LogP contribution < -0.4 is 9.46 Å². The van der Waals surface area contributed by atoms with Crippen molar-refractivity contribution in [3.05, 3.63) is 23.8 Å². The lowest BCUT2D eigenvalue weighted by Gasteiger charge is -2.35. The number of carbonyl (C=O) groups excluding carboxylic acids is 1. The minimum Gasteiger partial charge on any atom is -0.496 e. The van der Waals surface area contributed by atoms with Gasteiger partial charge in [0.25, 0.3) is 0 Å². The van der Waals surface area contributed by atoms with Gasteiger partial charge in [0.05, 0.1) is 12.0 Å². The first kappa shape index (κ1) is 19.4. The summed E-state index contributed by atoms with van der Waals surface area (Å²) in [5, 5.41) is 0. The van der Waals surface area contributed by atoms with Gasteiger partial charge in [-0.2, -0.15) is 0 Å². The van der Waals surface area contributed by atoms with Crippen molar-refractivity contribution < 1.29 is 17.9 Å². The Labute approximate surface area is 138 Å². The van der Waals surface area contributed by atoms with Crippen molar-refractivity contribution in [2.24, 2.45) is 0 Å². The van der Waals surface area contributed by atoms with Crippen LogP contribution in [0.4, 0.5) is 0 Å². The van der Waals surface area contributed by atoms with E-state index >= 15 is 0 Å². The first-order valence-electron chi connectivity index (χ1n) is 7.41. The number of hydrogen-bond donors (Lipinski definition) is 1. The van der Waals surface area contributed by atoms with Crippen LogP contribution in [0.1, 0.15) is 33.3 Å². The summed E-state index contributed by atoms with van der Waals surface area (Å²) in [5.41, 5.74) is 0.393. The fraction of sp³-hybridized carbons (Fsp3) is 0.562. The number of hydrogen-bond acceptors (Lipinski definition) is 4. The fourth-order valence-corrected chi connectivity index (χ4v) is 3.46. The van der Waals surface area contributed by atoms with Gasteiger partial charge in [-0.1, -0.05) is 0 Å². The van der Waals surface area contributed by atoms with E-state index in [9.17, 15) is 13.2 Å². The molecule has 0 radical (unpaired) electrons. The average molecular weight is 342 g/mol. The summed E-state index contributed by atoms with van der Waals surface area (Å²) in [6.07, 6.45) is 0. The topological polar surface area (TPSA) is 75.7 Å². The van der Waals surface area contributed by atoms with Gasteiger partial charge in [0.15, 0.2) is 0 Å². The zero-order valence-corrected chi connectivity index (χ0v) is 15.5. The normalized spacial score (nSPS) is 12.1. The Morgan fingerprint density at radius 2 is 1.91 bits per heavy atom. The van der Waals surface area contributed by atoms with Crippen LogP contribution in [0.25, 0.3) is 0 Å². The Morgan fingerprint density at radius 1 is 1.30 bits per heavy atom. The lowest BCUT2D eigenvalue weighted by molar-refractivity contribution is -0.133. The van der Waals surface area contributed by atoms with Gasteiger partial charge < -0.3 is 9.64 Å². The molecule has 0 bridgehead atoms. The fourth-order valence-electron chi connectivity index (χ4n) is 2.36. The quantitative estimate of drug-likeness (QED) is 0.857. The van der Waals surface area contributed by atoms with Gasteiger partial charge in [0.2, 0.25) is 15.9 Å². The van der Waals surface area contributed by atoms with E-state index in [2.05, 4.69) is 4.72 Å². The van der Waals surface area contributed by atoms with Gasteiger partial charge in [0, 0.05) is 25.6 Å². The Bertz CT molecular complexity index is 663. The molecule has 0 atom stereocenters. The van der Waals surface area contributed by atoms with E-state index in [4.69, 9.17) is 4.74 Å². The zero-order valence-electron chi connectivity index (χ0n) is 14.6. The molecule has 23 heavy (non-hydrogen) atoms. The summed E-state index contributed by atoms with van der Waals surface area (Å²) >= 11 is 0. The molecule has 0 saturated heterocycles. The van der Waals surface area contributed by atoms with Crippen LogP contribution in [0, 0.1) is 6.92 Å². The highest BCUT2D eigenvalue weighted by molar-refractivity contribution is 7.89. The molecule has 1 amide bonds. The van der Waals surface area contributed by atoms with E-state index < -0.39 is 10.0 Å². The second kappa shape index (κ2) is 7.31. The van der Waals surface area contributed by atoms with Gasteiger partial charge in [-0.25, -0.2) is 13.1 Å². The minimum atomic E-state index is -3.62. The minimum absolute atomic E-state index is 0.0861. The molecule has 1 aromatic rings. The largest absolute Gasteiger partial charge is 0.496 e. The summed E-state index contributed by atoms with van der Waals surface area (Å²) in [6.45, 7) is 9.47. The molecule has 6 nitrogen and oxygen atoms in total. The predicted molar refractivity (Wildman–Crippen MR) is 90.1 cm³/mol. The number of ether oxygens (including phenoxy) is 1. The van der Waals surface area contributed by atoms with Crippen LogP contribution in [0.2, 0.25) is 0 Å². The van der Waals surface area contributed by atoms with Crippen LogP contribution in [0.15, 0.2) is 23.1 Å². The highest BCUT2D eigenvalue weighted by Crippen LogP contribution is 2.21. The summed E-state index contributed by atoms with van der Waals surface area (Å²) in [4.78, 5) is 13.5. The number of aryl methyl sites for hydroxylation is 1. The molecule has 0 aliphatic rings. The maximum absolute atomic E-state index is 12.3. The number of amides is 1. The SMILES string of the molecule is COc1ccc(S(=O)(=O)NCCN(C(C)=O)C(C)(C)C)cc1C. The van der Waals surface area contributed by atoms with Crippen molar-refractivity contribution >= 4 is 15.9 Å². The number of nitrogens with zero attached hydrogens (tertiary/aromatic N) is 1. The van der Waals surface area contributed by atoms with Crippen molar-refractivity contribution in [1.29, 1.82) is 0 Å². The first-order valence-corrected chi connectivity index (χ1v) is 8.90. The standard InChI is InChI=1S/C16H26N2O4S/c1-12-11-14(7-8-15(12)22-6)23(20,21)17-9-10-18(13(2)19)16(3,4)5/h7-8,11,17H,9-10H2,1-6H3. The van der Waals surface area contributed by atoms with E-state index in [1.165, 1.54) is 20.1 Å². The summed E-state index contributed by atoms with van der Waals surface area (Å²) in [5.74, 6) is 0.552. The molecule has 0 aliphatic heterocycles. The molecular formula is C16H26N2O4S. The highest BCUT2D eigenvalue weighted by Gasteiger charge is 2.24. The maximum atomic E-state index is 12.3. The molecule has 0 saturated carbocycles. The first-order chi connectivity index (χ1) is 10.5. The van der Waals surface area contributed by atoms with Gasteiger partial charge in [0.1, 0.15) is 5.75 Å². The Morgan fingerprint density at radius 3 is 2.35 bits per heavy atom. The van der Waals surface area contributed by atoms with Crippen LogP contribution in [0.3, 0.4) is 0 Å². The van der Waals surface area contributed by atoms with Crippen molar-refractivity contribution in [2.45, 2.75) is 45.1 Å². The molecule has 0 spiro atoms. The second-order valence-electron chi connectivity index (χ2n) is 6.37. The molecular weight excluding hydrogens is 316 g/mol. The summed E-state index contributed by atoms with van der Waals surface area (Å²) < 4.78 is 32.3. The number of sulfonamides is 1. The van der Waals surface area contributed by atoms with E-state index in [1.807, 2.05) is 20.8 Å². The molecule has 1 aromatic carbocycles. The third kappa shape index (κ3) is 5.21. The second-order valence-corrected chi connectivity index (χ2v) is 8.14. The predicted octanol–water partition coefficient (Wildman–Crippen LogP) is 1.93. The molecule has 1 rings (SSSR count). The number of benzene rings is 1. The van der Waals surface area contributed by atoms with Crippen molar-refractivity contribution in [1.82, 2.24) is 9.62 Å². The molecule has 0 aliphatic carbocycles. The van der Waals surface area contributed by atoms with Crippen LogP contribution in [-0.4, -0.2) is 45.0 Å². The third-order valence-electron chi connectivity index (χ3n) is 3.49. The molecule has 1 N–H and O–H groups in total.